The van der Waals surface area contributed by atoms with Crippen molar-refractivity contribution in [2.24, 2.45) is 0 Å². The van der Waals surface area contributed by atoms with Crippen molar-refractivity contribution in [2.75, 3.05) is 9.80 Å². The van der Waals surface area contributed by atoms with E-state index in [1.807, 2.05) is 0 Å². The highest BCUT2D eigenvalue weighted by molar-refractivity contribution is 6.01. The zero-order valence-electron chi connectivity index (χ0n) is 35.3. The molecule has 7 aromatic carbocycles. The lowest BCUT2D eigenvalue weighted by Gasteiger charge is -2.40. The smallest absolute Gasteiger partial charge is 0.0690 e. The summed E-state index contributed by atoms with van der Waals surface area (Å²) in [6.07, 6.45) is 25.4. The summed E-state index contributed by atoms with van der Waals surface area (Å²) < 4.78 is 0. The summed E-state index contributed by atoms with van der Waals surface area (Å²) in [6, 6.07) is 65.6. The summed E-state index contributed by atoms with van der Waals surface area (Å²) in [6.45, 7) is 0. The Morgan fingerprint density at radius 3 is 1.98 bits per heavy atom. The minimum atomic E-state index is -0.448. The summed E-state index contributed by atoms with van der Waals surface area (Å²) >= 11 is 0. The lowest BCUT2D eigenvalue weighted by atomic mass is 9.68. The van der Waals surface area contributed by atoms with Crippen LogP contribution in [-0.4, -0.2) is 6.04 Å². The standard InChI is InChI=1S/C61H48N2/c1-5-20-43(21-6-1)44-36-38-48(39-37-44)62(46-24-9-3-10-25-46)49-40-41-52-51-29-13-16-31-54(51)61(57(52)42-49)55-32-17-14-30-53(55)60-56(61)33-19-35-59(60)63(47-26-11-4-12-27-47)58-34-18-15-28-50(58)45-22-7-2-8-23-45/h1-3,5-11,13-15,17-30,32-42,50,58H,4,12,16,31H2. The fraction of sp³-hybridized carbons (Fsp3) is 0.115. The molecule has 0 aromatic heterocycles. The molecule has 3 unspecified atom stereocenters. The molecule has 2 heteroatoms. The molecule has 3 atom stereocenters. The Morgan fingerprint density at radius 2 is 1.17 bits per heavy atom. The van der Waals surface area contributed by atoms with Gasteiger partial charge in [-0.1, -0.05) is 182 Å². The van der Waals surface area contributed by atoms with Gasteiger partial charge in [0.15, 0.2) is 0 Å². The van der Waals surface area contributed by atoms with E-state index in [1.165, 1.54) is 72.6 Å². The Morgan fingerprint density at radius 1 is 0.492 bits per heavy atom. The first-order valence-electron chi connectivity index (χ1n) is 22.6. The Balaban J connectivity index is 1.07. The molecule has 0 aliphatic heterocycles. The molecule has 0 fully saturated rings. The van der Waals surface area contributed by atoms with Gasteiger partial charge >= 0.3 is 0 Å². The molecule has 5 aliphatic carbocycles. The molecule has 12 rings (SSSR count). The lowest BCUT2D eigenvalue weighted by molar-refractivity contribution is 0.671. The second-order valence-electron chi connectivity index (χ2n) is 17.3. The van der Waals surface area contributed by atoms with Gasteiger partial charge in [-0.25, -0.2) is 0 Å². The van der Waals surface area contributed by atoms with E-state index in [9.17, 15) is 0 Å². The number of allylic oxidation sites excluding steroid dienone is 9. The number of benzene rings is 7. The van der Waals surface area contributed by atoms with Crippen LogP contribution in [0.25, 0.3) is 27.8 Å². The molecular formula is C61H48N2. The molecule has 2 nitrogen and oxygen atoms in total. The van der Waals surface area contributed by atoms with Crippen LogP contribution >= 0.6 is 0 Å². The van der Waals surface area contributed by atoms with Crippen LogP contribution in [0, 0.1) is 0 Å². The molecule has 0 saturated heterocycles. The molecule has 5 aliphatic rings. The van der Waals surface area contributed by atoms with Crippen LogP contribution in [0.2, 0.25) is 0 Å². The van der Waals surface area contributed by atoms with Crippen molar-refractivity contribution in [3.8, 4) is 22.3 Å². The maximum Gasteiger partial charge on any atom is 0.0690 e. The van der Waals surface area contributed by atoms with Gasteiger partial charge in [-0.3, -0.25) is 0 Å². The average molecular weight is 809 g/mol. The topological polar surface area (TPSA) is 6.48 Å². The number of hydrogen-bond acceptors (Lipinski definition) is 2. The summed E-state index contributed by atoms with van der Waals surface area (Å²) in [5, 5.41) is 0. The van der Waals surface area contributed by atoms with E-state index in [0.717, 1.165) is 42.7 Å². The lowest BCUT2D eigenvalue weighted by Crippen LogP contribution is -2.38. The van der Waals surface area contributed by atoms with Crippen LogP contribution in [0.3, 0.4) is 0 Å². The van der Waals surface area contributed by atoms with Crippen molar-refractivity contribution < 1.29 is 0 Å². The van der Waals surface area contributed by atoms with Gasteiger partial charge in [0.25, 0.3) is 0 Å². The molecule has 0 N–H and O–H groups in total. The van der Waals surface area contributed by atoms with Crippen molar-refractivity contribution in [2.45, 2.75) is 43.1 Å². The van der Waals surface area contributed by atoms with Gasteiger partial charge in [-0.05, 0) is 130 Å². The van der Waals surface area contributed by atoms with E-state index in [0.29, 0.717) is 0 Å². The van der Waals surface area contributed by atoms with Gasteiger partial charge in [0.1, 0.15) is 0 Å². The molecular weight excluding hydrogens is 761 g/mol. The average Bonchev–Trinajstić information content (AvgIpc) is 3.83. The van der Waals surface area contributed by atoms with Crippen molar-refractivity contribution in [3.05, 3.63) is 270 Å². The fourth-order valence-corrected chi connectivity index (χ4v) is 11.3. The van der Waals surface area contributed by atoms with Gasteiger partial charge in [-0.2, -0.15) is 0 Å². The normalized spacial score (nSPS) is 20.0. The second kappa shape index (κ2) is 15.5. The predicted molar refractivity (Wildman–Crippen MR) is 264 cm³/mol. The molecule has 0 saturated carbocycles. The molecule has 1 spiro atoms. The number of para-hydroxylation sites is 1. The fourth-order valence-electron chi connectivity index (χ4n) is 11.3. The maximum atomic E-state index is 2.67. The van der Waals surface area contributed by atoms with E-state index in [4.69, 9.17) is 0 Å². The SMILES string of the molecule is C1=CC(c2ccccc2)C(N(C2=CCCC=C2)c2cccc3c2-c2ccccc2C32C3=C(C=CCC3)c3ccc(N(c4ccccc4)c4ccc(-c5ccccc5)cc4)cc32)C=C1. The highest BCUT2D eigenvalue weighted by atomic mass is 15.2. The third kappa shape index (κ3) is 6.00. The Labute approximate surface area is 371 Å². The molecule has 0 bridgehead atoms. The number of hydrogen-bond donors (Lipinski definition) is 0. The maximum absolute atomic E-state index is 2.67. The van der Waals surface area contributed by atoms with Crippen molar-refractivity contribution >= 4 is 28.3 Å². The Hall–Kier alpha value is -7.42. The molecule has 0 heterocycles. The summed E-state index contributed by atoms with van der Waals surface area (Å²) in [5.74, 6) is 0.187. The highest BCUT2D eigenvalue weighted by Crippen LogP contribution is 2.65. The van der Waals surface area contributed by atoms with E-state index < -0.39 is 5.41 Å². The van der Waals surface area contributed by atoms with Crippen molar-refractivity contribution in [1.82, 2.24) is 0 Å². The molecule has 302 valence electrons. The van der Waals surface area contributed by atoms with Crippen molar-refractivity contribution in [3.63, 3.8) is 0 Å². The van der Waals surface area contributed by atoms with E-state index >= 15 is 0 Å². The first kappa shape index (κ1) is 37.4. The second-order valence-corrected chi connectivity index (χ2v) is 17.3. The minimum Gasteiger partial charge on any atom is -0.333 e. The van der Waals surface area contributed by atoms with Crippen LogP contribution in [0.1, 0.15) is 59.4 Å². The monoisotopic (exact) mass is 808 g/mol. The van der Waals surface area contributed by atoms with Gasteiger partial charge in [0.2, 0.25) is 0 Å². The van der Waals surface area contributed by atoms with Crippen LogP contribution in [-0.2, 0) is 5.41 Å². The molecule has 0 amide bonds. The number of nitrogens with zero attached hydrogens (tertiary/aromatic N) is 2. The van der Waals surface area contributed by atoms with Gasteiger partial charge in [0, 0.05) is 39.9 Å². The van der Waals surface area contributed by atoms with Crippen LogP contribution in [0.4, 0.5) is 22.7 Å². The largest absolute Gasteiger partial charge is 0.333 e. The van der Waals surface area contributed by atoms with Gasteiger partial charge < -0.3 is 9.80 Å². The summed E-state index contributed by atoms with van der Waals surface area (Å²) in [4.78, 5) is 5.10. The quantitative estimate of drug-likeness (QED) is 0.151. The Kier molecular flexibility index (Phi) is 9.18. The van der Waals surface area contributed by atoms with Gasteiger partial charge in [-0.15, -0.1) is 0 Å². The molecule has 63 heavy (non-hydrogen) atoms. The third-order valence-electron chi connectivity index (χ3n) is 14.0. The first-order valence-corrected chi connectivity index (χ1v) is 22.6. The summed E-state index contributed by atoms with van der Waals surface area (Å²) in [7, 11) is 0. The minimum absolute atomic E-state index is 0.0872. The number of rotatable bonds is 8. The molecule has 0 radical (unpaired) electrons. The Bertz CT molecular complexity index is 3060. The molecule has 7 aromatic rings. The summed E-state index contributed by atoms with van der Waals surface area (Å²) in [5.41, 5.74) is 20.3. The van der Waals surface area contributed by atoms with Gasteiger partial charge in [0.05, 0.1) is 11.5 Å². The van der Waals surface area contributed by atoms with E-state index in [2.05, 4.69) is 240 Å². The zero-order chi connectivity index (χ0) is 41.7. The predicted octanol–water partition coefficient (Wildman–Crippen LogP) is 15.6. The van der Waals surface area contributed by atoms with Crippen LogP contribution in [0.5, 0.6) is 0 Å². The number of fused-ring (bicyclic) bond motifs is 9. The highest BCUT2D eigenvalue weighted by Gasteiger charge is 2.54. The zero-order valence-corrected chi connectivity index (χ0v) is 35.3. The van der Waals surface area contributed by atoms with E-state index in [-0.39, 0.29) is 12.0 Å². The first-order chi connectivity index (χ1) is 31.3. The van der Waals surface area contributed by atoms with Crippen LogP contribution in [0.15, 0.2) is 242 Å². The number of anilines is 4. The van der Waals surface area contributed by atoms with Crippen LogP contribution < -0.4 is 9.80 Å². The van der Waals surface area contributed by atoms with E-state index in [1.54, 1.807) is 0 Å². The third-order valence-corrected chi connectivity index (χ3v) is 14.0. The van der Waals surface area contributed by atoms with Crippen molar-refractivity contribution in [1.29, 1.82) is 0 Å².